The predicted molar refractivity (Wildman–Crippen MR) is 121 cm³/mol. The van der Waals surface area contributed by atoms with Crippen molar-refractivity contribution in [2.24, 2.45) is 0 Å². The average molecular weight is 437 g/mol. The van der Waals surface area contributed by atoms with E-state index in [2.05, 4.69) is 5.32 Å². The van der Waals surface area contributed by atoms with Gasteiger partial charge in [0, 0.05) is 50.9 Å². The van der Waals surface area contributed by atoms with Gasteiger partial charge in [-0.15, -0.1) is 0 Å². The Bertz CT molecular complexity index is 1010. The third kappa shape index (κ3) is 5.26. The summed E-state index contributed by atoms with van der Waals surface area (Å²) in [6.45, 7) is 1.77. The van der Waals surface area contributed by atoms with Crippen LogP contribution in [0.4, 0.5) is 0 Å². The van der Waals surface area contributed by atoms with Crippen LogP contribution in [0, 0.1) is 0 Å². The Morgan fingerprint density at radius 2 is 1.56 bits per heavy atom. The number of hydrogen-bond acceptors (Lipinski definition) is 5. The highest BCUT2D eigenvalue weighted by atomic mass is 16.5. The first-order valence-electron chi connectivity index (χ1n) is 10.3. The minimum atomic E-state index is -0.156. The van der Waals surface area contributed by atoms with Crippen LogP contribution in [0.25, 0.3) is 6.08 Å². The molecule has 168 valence electrons. The molecular formula is C24H27N3O5. The van der Waals surface area contributed by atoms with Gasteiger partial charge in [-0.2, -0.15) is 0 Å². The first-order valence-corrected chi connectivity index (χ1v) is 10.3. The van der Waals surface area contributed by atoms with Gasteiger partial charge in [0.1, 0.15) is 11.5 Å². The van der Waals surface area contributed by atoms with Gasteiger partial charge in [0.25, 0.3) is 11.8 Å². The number of nitrogens with one attached hydrogen (secondary N) is 1. The SMILES string of the molecule is CNC(=O)c1ccc(C=CC(=O)N2CCN(C(=O)c3ccc(OC)cc3OC)CC2)cc1. The Morgan fingerprint density at radius 3 is 2.16 bits per heavy atom. The second-order valence-electron chi connectivity index (χ2n) is 7.22. The van der Waals surface area contributed by atoms with Crippen molar-refractivity contribution < 1.29 is 23.9 Å². The molecule has 0 bridgehead atoms. The molecule has 1 aliphatic heterocycles. The van der Waals surface area contributed by atoms with E-state index in [1.807, 2.05) is 0 Å². The zero-order valence-corrected chi connectivity index (χ0v) is 18.5. The average Bonchev–Trinajstić information content (AvgIpc) is 2.86. The van der Waals surface area contributed by atoms with Crippen LogP contribution < -0.4 is 14.8 Å². The Kier molecular flexibility index (Phi) is 7.49. The van der Waals surface area contributed by atoms with E-state index < -0.39 is 0 Å². The van der Waals surface area contributed by atoms with E-state index in [0.29, 0.717) is 48.8 Å². The standard InChI is InChI=1S/C24H27N3O5/c1-25-23(29)18-7-4-17(5-8-18)6-11-22(28)26-12-14-27(15-13-26)24(30)20-10-9-19(31-2)16-21(20)32-3/h4-11,16H,12-15H2,1-3H3,(H,25,29). The van der Waals surface area contributed by atoms with Crippen LogP contribution >= 0.6 is 0 Å². The smallest absolute Gasteiger partial charge is 0.257 e. The lowest BCUT2D eigenvalue weighted by molar-refractivity contribution is -0.127. The highest BCUT2D eigenvalue weighted by molar-refractivity contribution is 5.98. The topological polar surface area (TPSA) is 88.2 Å². The molecule has 2 aromatic carbocycles. The third-order valence-electron chi connectivity index (χ3n) is 5.34. The highest BCUT2D eigenvalue weighted by Crippen LogP contribution is 2.26. The summed E-state index contributed by atoms with van der Waals surface area (Å²) in [5, 5.41) is 2.57. The van der Waals surface area contributed by atoms with Crippen molar-refractivity contribution in [1.82, 2.24) is 15.1 Å². The van der Waals surface area contributed by atoms with Crippen molar-refractivity contribution >= 4 is 23.8 Å². The summed E-state index contributed by atoms with van der Waals surface area (Å²) in [7, 11) is 4.65. The minimum Gasteiger partial charge on any atom is -0.497 e. The van der Waals surface area contributed by atoms with Crippen LogP contribution in [0.3, 0.4) is 0 Å². The number of piperazine rings is 1. The van der Waals surface area contributed by atoms with Crippen molar-refractivity contribution in [2.75, 3.05) is 47.4 Å². The normalized spacial score (nSPS) is 13.7. The lowest BCUT2D eigenvalue weighted by atomic mass is 10.1. The molecule has 0 aromatic heterocycles. The van der Waals surface area contributed by atoms with E-state index in [4.69, 9.17) is 9.47 Å². The van der Waals surface area contributed by atoms with Gasteiger partial charge in [-0.25, -0.2) is 0 Å². The summed E-state index contributed by atoms with van der Waals surface area (Å²) in [4.78, 5) is 40.5. The molecule has 0 spiro atoms. The molecule has 0 unspecified atom stereocenters. The molecule has 32 heavy (non-hydrogen) atoms. The van der Waals surface area contributed by atoms with Crippen LogP contribution in [0.15, 0.2) is 48.5 Å². The fourth-order valence-corrected chi connectivity index (χ4v) is 3.44. The minimum absolute atomic E-state index is 0.116. The van der Waals surface area contributed by atoms with Gasteiger partial charge in [0.2, 0.25) is 5.91 Å². The first kappa shape index (κ1) is 22.9. The second-order valence-corrected chi connectivity index (χ2v) is 7.22. The Labute approximate surface area is 187 Å². The van der Waals surface area contributed by atoms with E-state index >= 15 is 0 Å². The number of amides is 3. The quantitative estimate of drug-likeness (QED) is 0.699. The summed E-state index contributed by atoms with van der Waals surface area (Å²) < 4.78 is 10.5. The maximum atomic E-state index is 12.9. The molecule has 3 amide bonds. The van der Waals surface area contributed by atoms with E-state index in [0.717, 1.165) is 5.56 Å². The van der Waals surface area contributed by atoms with Gasteiger partial charge in [0.15, 0.2) is 0 Å². The number of carbonyl (C=O) groups is 3. The maximum absolute atomic E-state index is 12.9. The predicted octanol–water partition coefficient (Wildman–Crippen LogP) is 2.06. The van der Waals surface area contributed by atoms with E-state index in [1.165, 1.54) is 13.2 Å². The molecule has 1 fully saturated rings. The van der Waals surface area contributed by atoms with Gasteiger partial charge in [-0.3, -0.25) is 14.4 Å². The summed E-state index contributed by atoms with van der Waals surface area (Å²) in [5.74, 6) is 0.663. The summed E-state index contributed by atoms with van der Waals surface area (Å²) in [6, 6.07) is 12.1. The summed E-state index contributed by atoms with van der Waals surface area (Å²) in [5.41, 5.74) is 1.85. The molecule has 0 saturated carbocycles. The monoisotopic (exact) mass is 437 g/mol. The van der Waals surface area contributed by atoms with Crippen LogP contribution in [-0.2, 0) is 4.79 Å². The van der Waals surface area contributed by atoms with Gasteiger partial charge >= 0.3 is 0 Å². The Morgan fingerprint density at radius 1 is 0.906 bits per heavy atom. The van der Waals surface area contributed by atoms with Crippen molar-refractivity contribution in [2.45, 2.75) is 0 Å². The first-order chi connectivity index (χ1) is 15.5. The number of methoxy groups -OCH3 is 2. The molecule has 1 N–H and O–H groups in total. The van der Waals surface area contributed by atoms with E-state index in [-0.39, 0.29) is 17.7 Å². The number of hydrogen-bond donors (Lipinski definition) is 1. The molecule has 0 aliphatic carbocycles. The lowest BCUT2D eigenvalue weighted by Crippen LogP contribution is -2.50. The Balaban J connectivity index is 1.57. The third-order valence-corrected chi connectivity index (χ3v) is 5.34. The van der Waals surface area contributed by atoms with Crippen LogP contribution in [0.1, 0.15) is 26.3 Å². The van der Waals surface area contributed by atoms with Crippen LogP contribution in [-0.4, -0.2) is 75.0 Å². The largest absolute Gasteiger partial charge is 0.497 e. The zero-order chi connectivity index (χ0) is 23.1. The molecule has 1 aliphatic rings. The summed E-state index contributed by atoms with van der Waals surface area (Å²) in [6.07, 6.45) is 3.23. The molecule has 1 saturated heterocycles. The van der Waals surface area contributed by atoms with Crippen LogP contribution in [0.2, 0.25) is 0 Å². The molecule has 0 atom stereocenters. The number of benzene rings is 2. The van der Waals surface area contributed by atoms with Gasteiger partial charge in [-0.05, 0) is 35.9 Å². The van der Waals surface area contributed by atoms with Gasteiger partial charge < -0.3 is 24.6 Å². The molecule has 8 heteroatoms. The Hall–Kier alpha value is -3.81. The number of ether oxygens (including phenoxy) is 2. The number of nitrogens with zero attached hydrogens (tertiary/aromatic N) is 2. The highest BCUT2D eigenvalue weighted by Gasteiger charge is 2.26. The summed E-state index contributed by atoms with van der Waals surface area (Å²) >= 11 is 0. The van der Waals surface area contributed by atoms with Crippen LogP contribution in [0.5, 0.6) is 11.5 Å². The number of carbonyl (C=O) groups excluding carboxylic acids is 3. The fourth-order valence-electron chi connectivity index (χ4n) is 3.44. The molecule has 1 heterocycles. The van der Waals surface area contributed by atoms with Crippen molar-refractivity contribution in [3.63, 3.8) is 0 Å². The fraction of sp³-hybridized carbons (Fsp3) is 0.292. The lowest BCUT2D eigenvalue weighted by Gasteiger charge is -2.34. The molecule has 2 aromatic rings. The number of rotatable bonds is 6. The van der Waals surface area contributed by atoms with Crippen molar-refractivity contribution in [3.8, 4) is 11.5 Å². The molecular weight excluding hydrogens is 410 g/mol. The maximum Gasteiger partial charge on any atom is 0.257 e. The second kappa shape index (κ2) is 10.5. The van der Waals surface area contributed by atoms with Crippen molar-refractivity contribution in [1.29, 1.82) is 0 Å². The van der Waals surface area contributed by atoms with Crippen molar-refractivity contribution in [3.05, 3.63) is 65.2 Å². The van der Waals surface area contributed by atoms with Gasteiger partial charge in [-0.1, -0.05) is 12.1 Å². The van der Waals surface area contributed by atoms with E-state index in [9.17, 15) is 14.4 Å². The van der Waals surface area contributed by atoms with E-state index in [1.54, 1.807) is 72.5 Å². The molecule has 8 nitrogen and oxygen atoms in total. The molecule has 3 rings (SSSR count). The van der Waals surface area contributed by atoms with Gasteiger partial charge in [0.05, 0.1) is 19.8 Å². The molecule has 0 radical (unpaired) electrons. The zero-order valence-electron chi connectivity index (χ0n) is 18.5.